The first-order valence-electron chi connectivity index (χ1n) is 9.26. The molecule has 0 amide bonds. The molecule has 0 fully saturated rings. The lowest BCUT2D eigenvalue weighted by Crippen LogP contribution is -2.15. The van der Waals surface area contributed by atoms with Crippen molar-refractivity contribution < 1.29 is 13.9 Å². The van der Waals surface area contributed by atoms with Crippen LogP contribution in [-0.2, 0) is 0 Å². The summed E-state index contributed by atoms with van der Waals surface area (Å²) in [7, 11) is 0. The van der Waals surface area contributed by atoms with Crippen molar-refractivity contribution in [1.82, 2.24) is 0 Å². The minimum atomic E-state index is 0.578. The van der Waals surface area contributed by atoms with E-state index < -0.39 is 0 Å². The van der Waals surface area contributed by atoms with Crippen molar-refractivity contribution in [3.8, 4) is 33.3 Å². The Morgan fingerprint density at radius 3 is 2.46 bits per heavy atom. The molecule has 0 saturated carbocycles. The molecule has 0 aliphatic carbocycles. The Morgan fingerprint density at radius 2 is 1.54 bits per heavy atom. The molecule has 4 heteroatoms. The van der Waals surface area contributed by atoms with Gasteiger partial charge in [0.15, 0.2) is 11.5 Å². The van der Waals surface area contributed by atoms with E-state index in [0.717, 1.165) is 33.8 Å². The van der Waals surface area contributed by atoms with E-state index >= 15 is 0 Å². The van der Waals surface area contributed by atoms with Crippen LogP contribution >= 0.6 is 11.3 Å². The molecular formula is C24H16O3S. The molecule has 0 saturated heterocycles. The van der Waals surface area contributed by atoms with Crippen LogP contribution in [0, 0.1) is 0 Å². The fourth-order valence-electron chi connectivity index (χ4n) is 3.66. The van der Waals surface area contributed by atoms with Gasteiger partial charge >= 0.3 is 0 Å². The Labute approximate surface area is 165 Å². The zero-order valence-electron chi connectivity index (χ0n) is 15.0. The van der Waals surface area contributed by atoms with E-state index in [4.69, 9.17) is 13.9 Å². The minimum Gasteiger partial charge on any atom is -0.486 e. The Bertz CT molecular complexity index is 1300. The van der Waals surface area contributed by atoms with Gasteiger partial charge in [-0.05, 0) is 65.5 Å². The smallest absolute Gasteiger partial charge is 0.162 e. The third-order valence-corrected chi connectivity index (χ3v) is 6.22. The molecule has 5 aromatic rings. The molecule has 1 aliphatic heterocycles. The summed E-state index contributed by atoms with van der Waals surface area (Å²) in [5, 5.41) is 2.38. The summed E-state index contributed by atoms with van der Waals surface area (Å²) >= 11 is 1.82. The Hall–Kier alpha value is -3.24. The minimum absolute atomic E-state index is 0.578. The number of ether oxygens (including phenoxy) is 2. The van der Waals surface area contributed by atoms with Crippen molar-refractivity contribution in [3.63, 3.8) is 0 Å². The predicted molar refractivity (Wildman–Crippen MR) is 113 cm³/mol. The molecule has 0 spiro atoms. The van der Waals surface area contributed by atoms with Gasteiger partial charge in [0.05, 0.1) is 0 Å². The monoisotopic (exact) mass is 384 g/mol. The highest BCUT2D eigenvalue weighted by atomic mass is 32.1. The molecule has 0 N–H and O–H groups in total. The van der Waals surface area contributed by atoms with Crippen molar-refractivity contribution in [2.45, 2.75) is 0 Å². The van der Waals surface area contributed by atoms with E-state index in [1.54, 1.807) is 0 Å². The molecule has 0 atom stereocenters. The normalized spacial score (nSPS) is 13.3. The van der Waals surface area contributed by atoms with Crippen molar-refractivity contribution in [2.24, 2.45) is 0 Å². The van der Waals surface area contributed by atoms with Crippen LogP contribution in [0.15, 0.2) is 77.2 Å². The SMILES string of the molecule is c1ccc2sc(-c3ccc4oc(-c5ccc6c(c5)OCCO6)cc4c3)cc2c1. The number of thiophene rings is 1. The summed E-state index contributed by atoms with van der Waals surface area (Å²) in [6.45, 7) is 1.17. The van der Waals surface area contributed by atoms with Gasteiger partial charge in [-0.25, -0.2) is 0 Å². The highest BCUT2D eigenvalue weighted by Gasteiger charge is 2.15. The Balaban J connectivity index is 1.41. The number of rotatable bonds is 2. The van der Waals surface area contributed by atoms with E-state index in [1.165, 1.54) is 20.5 Å². The van der Waals surface area contributed by atoms with E-state index in [0.29, 0.717) is 13.2 Å². The number of furan rings is 1. The van der Waals surface area contributed by atoms with Gasteiger partial charge in [-0.2, -0.15) is 0 Å². The largest absolute Gasteiger partial charge is 0.486 e. The van der Waals surface area contributed by atoms with Crippen molar-refractivity contribution >= 4 is 32.4 Å². The van der Waals surface area contributed by atoms with Gasteiger partial charge in [-0.3, -0.25) is 0 Å². The lowest BCUT2D eigenvalue weighted by molar-refractivity contribution is 0.171. The third-order valence-electron chi connectivity index (χ3n) is 5.05. The van der Waals surface area contributed by atoms with Crippen LogP contribution in [0.4, 0.5) is 0 Å². The molecule has 2 aromatic heterocycles. The van der Waals surface area contributed by atoms with Crippen LogP contribution in [0.2, 0.25) is 0 Å². The number of benzene rings is 3. The molecule has 1 aliphatic rings. The van der Waals surface area contributed by atoms with Crippen LogP contribution in [0.5, 0.6) is 11.5 Å². The number of fused-ring (bicyclic) bond motifs is 3. The lowest BCUT2D eigenvalue weighted by atomic mass is 10.1. The van der Waals surface area contributed by atoms with Crippen LogP contribution < -0.4 is 9.47 Å². The van der Waals surface area contributed by atoms with Gasteiger partial charge in [-0.15, -0.1) is 11.3 Å². The summed E-state index contributed by atoms with van der Waals surface area (Å²) in [6.07, 6.45) is 0. The quantitative estimate of drug-likeness (QED) is 0.337. The molecule has 3 aromatic carbocycles. The molecule has 3 nitrogen and oxygen atoms in total. The summed E-state index contributed by atoms with van der Waals surface area (Å²) in [4.78, 5) is 1.27. The maximum Gasteiger partial charge on any atom is 0.162 e. The standard InChI is InChI=1S/C24H16O3S/c1-2-4-23-16(3-1)14-24(28-23)17-6-7-19-18(11-17)13-21(27-19)15-5-8-20-22(12-15)26-10-9-25-20/h1-8,11-14H,9-10H2. The summed E-state index contributed by atoms with van der Waals surface area (Å²) in [6, 6.07) is 25.2. The highest BCUT2D eigenvalue weighted by Crippen LogP contribution is 2.38. The summed E-state index contributed by atoms with van der Waals surface area (Å²) < 4.78 is 18.7. The Morgan fingerprint density at radius 1 is 0.679 bits per heavy atom. The van der Waals surface area contributed by atoms with Gasteiger partial charge in [0, 0.05) is 20.5 Å². The zero-order valence-corrected chi connectivity index (χ0v) is 15.8. The van der Waals surface area contributed by atoms with Crippen molar-refractivity contribution in [3.05, 3.63) is 72.8 Å². The van der Waals surface area contributed by atoms with Crippen LogP contribution in [0.3, 0.4) is 0 Å². The average molecular weight is 384 g/mol. The molecule has 136 valence electrons. The molecular weight excluding hydrogens is 368 g/mol. The first-order valence-corrected chi connectivity index (χ1v) is 10.1. The van der Waals surface area contributed by atoms with Crippen LogP contribution in [0.1, 0.15) is 0 Å². The molecule has 0 bridgehead atoms. The van der Waals surface area contributed by atoms with Crippen molar-refractivity contribution in [1.29, 1.82) is 0 Å². The summed E-state index contributed by atoms with van der Waals surface area (Å²) in [5.41, 5.74) is 3.09. The van der Waals surface area contributed by atoms with Gasteiger partial charge in [0.2, 0.25) is 0 Å². The highest BCUT2D eigenvalue weighted by molar-refractivity contribution is 7.22. The maximum absolute atomic E-state index is 6.10. The van der Waals surface area contributed by atoms with E-state index in [1.807, 2.05) is 29.5 Å². The van der Waals surface area contributed by atoms with Crippen LogP contribution in [0.25, 0.3) is 42.8 Å². The first-order chi connectivity index (χ1) is 13.8. The molecule has 0 radical (unpaired) electrons. The molecule has 6 rings (SSSR count). The van der Waals surface area contributed by atoms with E-state index in [-0.39, 0.29) is 0 Å². The fraction of sp³-hybridized carbons (Fsp3) is 0.0833. The second-order valence-electron chi connectivity index (χ2n) is 6.87. The zero-order chi connectivity index (χ0) is 18.5. The van der Waals surface area contributed by atoms with E-state index in [2.05, 4.69) is 54.6 Å². The Kier molecular flexibility index (Phi) is 3.46. The third kappa shape index (κ3) is 2.57. The topological polar surface area (TPSA) is 31.6 Å². The molecule has 3 heterocycles. The van der Waals surface area contributed by atoms with Gasteiger partial charge in [0.25, 0.3) is 0 Å². The average Bonchev–Trinajstić information content (AvgIpc) is 3.37. The maximum atomic E-state index is 6.10. The number of hydrogen-bond donors (Lipinski definition) is 0. The lowest BCUT2D eigenvalue weighted by Gasteiger charge is -2.18. The second kappa shape index (κ2) is 6.14. The second-order valence-corrected chi connectivity index (χ2v) is 7.95. The van der Waals surface area contributed by atoms with Gasteiger partial charge < -0.3 is 13.9 Å². The molecule has 0 unspecified atom stereocenters. The fourth-order valence-corrected chi connectivity index (χ4v) is 4.72. The number of hydrogen-bond acceptors (Lipinski definition) is 4. The summed E-state index contributed by atoms with van der Waals surface area (Å²) in [5.74, 6) is 2.40. The first kappa shape index (κ1) is 15.8. The molecule has 28 heavy (non-hydrogen) atoms. The predicted octanol–water partition coefficient (Wildman–Crippen LogP) is 6.75. The van der Waals surface area contributed by atoms with Gasteiger partial charge in [0.1, 0.15) is 24.6 Å². The van der Waals surface area contributed by atoms with Crippen LogP contribution in [-0.4, -0.2) is 13.2 Å². The van der Waals surface area contributed by atoms with Crippen molar-refractivity contribution in [2.75, 3.05) is 13.2 Å². The van der Waals surface area contributed by atoms with E-state index in [9.17, 15) is 0 Å². The van der Waals surface area contributed by atoms with Gasteiger partial charge in [-0.1, -0.05) is 18.2 Å².